The first kappa shape index (κ1) is 24.7. The Labute approximate surface area is 197 Å². The second kappa shape index (κ2) is 9.15. The van der Waals surface area contributed by atoms with Crippen molar-refractivity contribution in [1.29, 1.82) is 0 Å². The largest absolute Gasteiger partial charge is 0.416 e. The van der Waals surface area contributed by atoms with E-state index in [1.165, 1.54) is 6.07 Å². The van der Waals surface area contributed by atoms with Gasteiger partial charge in [0.05, 0.1) is 28.5 Å². The van der Waals surface area contributed by atoms with Crippen molar-refractivity contribution in [3.8, 4) is 0 Å². The highest BCUT2D eigenvalue weighted by Crippen LogP contribution is 2.35. The quantitative estimate of drug-likeness (QED) is 0.501. The van der Waals surface area contributed by atoms with Crippen LogP contribution in [-0.4, -0.2) is 32.1 Å². The first-order valence-corrected chi connectivity index (χ1v) is 11.2. The van der Waals surface area contributed by atoms with Crippen LogP contribution in [0.1, 0.15) is 51.8 Å². The van der Waals surface area contributed by atoms with E-state index in [1.807, 2.05) is 18.2 Å². The minimum absolute atomic E-state index is 0.0362. The summed E-state index contributed by atoms with van der Waals surface area (Å²) in [5, 5.41) is 7.10. The van der Waals surface area contributed by atoms with Gasteiger partial charge >= 0.3 is 6.18 Å². The highest BCUT2D eigenvalue weighted by Gasteiger charge is 2.41. The molecular formula is C23H28ClF3N4S. The van der Waals surface area contributed by atoms with Crippen LogP contribution in [0.2, 0.25) is 5.02 Å². The lowest BCUT2D eigenvalue weighted by Gasteiger charge is -2.50. The Kier molecular flexibility index (Phi) is 7.08. The molecule has 0 radical (unpaired) electrons. The zero-order chi connectivity index (χ0) is 23.7. The van der Waals surface area contributed by atoms with Crippen LogP contribution in [0, 0.1) is 0 Å². The summed E-state index contributed by atoms with van der Waals surface area (Å²) >= 11 is 11.9. The molecule has 32 heavy (non-hydrogen) atoms. The minimum Gasteiger partial charge on any atom is -0.340 e. The van der Waals surface area contributed by atoms with Crippen molar-refractivity contribution in [1.82, 2.24) is 15.2 Å². The van der Waals surface area contributed by atoms with Gasteiger partial charge in [0.2, 0.25) is 0 Å². The molecule has 0 amide bonds. The Balaban J connectivity index is 1.89. The van der Waals surface area contributed by atoms with Gasteiger partial charge in [-0.05, 0) is 83.1 Å². The Bertz CT molecular complexity index is 947. The predicted octanol–water partition coefficient (Wildman–Crippen LogP) is 6.26. The van der Waals surface area contributed by atoms with E-state index >= 15 is 0 Å². The molecule has 1 aromatic carbocycles. The standard InChI is InChI=1S/C23H28ClF3N4S/c1-21(2)12-17(13-22(3,4)30-21)31(14-16-7-5-6-10-28-16)20(32)29-19-9-8-15(11-18(19)24)23(25,26)27/h5-11,17,30H,12-14H2,1-4H3,(H,29,32). The molecule has 1 fully saturated rings. The van der Waals surface area contributed by atoms with E-state index in [0.29, 0.717) is 17.3 Å². The summed E-state index contributed by atoms with van der Waals surface area (Å²) in [6, 6.07) is 9.01. The monoisotopic (exact) mass is 484 g/mol. The minimum atomic E-state index is -4.46. The summed E-state index contributed by atoms with van der Waals surface area (Å²) in [7, 11) is 0. The summed E-state index contributed by atoms with van der Waals surface area (Å²) in [5.74, 6) is 0. The first-order valence-electron chi connectivity index (χ1n) is 10.4. The van der Waals surface area contributed by atoms with Crippen LogP contribution in [0.4, 0.5) is 18.9 Å². The number of anilines is 1. The summed E-state index contributed by atoms with van der Waals surface area (Å²) < 4.78 is 39.0. The number of alkyl halides is 3. The number of benzene rings is 1. The predicted molar refractivity (Wildman–Crippen MR) is 127 cm³/mol. The van der Waals surface area contributed by atoms with Gasteiger partial charge in [0.1, 0.15) is 0 Å². The van der Waals surface area contributed by atoms with Crippen molar-refractivity contribution in [3.63, 3.8) is 0 Å². The van der Waals surface area contributed by atoms with Gasteiger partial charge < -0.3 is 15.5 Å². The lowest BCUT2D eigenvalue weighted by Crippen LogP contribution is -2.63. The Morgan fingerprint density at radius 2 is 1.84 bits per heavy atom. The van der Waals surface area contributed by atoms with E-state index in [9.17, 15) is 13.2 Å². The van der Waals surface area contributed by atoms with Crippen molar-refractivity contribution in [2.45, 2.75) is 70.4 Å². The molecule has 1 aliphatic heterocycles. The van der Waals surface area contributed by atoms with Gasteiger partial charge in [0, 0.05) is 23.3 Å². The van der Waals surface area contributed by atoms with Crippen LogP contribution < -0.4 is 10.6 Å². The molecule has 1 aromatic heterocycles. The molecule has 2 aromatic rings. The lowest BCUT2D eigenvalue weighted by atomic mass is 9.79. The van der Waals surface area contributed by atoms with Crippen LogP contribution in [0.5, 0.6) is 0 Å². The van der Waals surface area contributed by atoms with Crippen molar-refractivity contribution in [3.05, 3.63) is 58.9 Å². The lowest BCUT2D eigenvalue weighted by molar-refractivity contribution is -0.137. The fraction of sp³-hybridized carbons (Fsp3) is 0.478. The highest BCUT2D eigenvalue weighted by atomic mass is 35.5. The number of halogens is 4. The molecule has 0 atom stereocenters. The molecule has 0 saturated carbocycles. The van der Waals surface area contributed by atoms with E-state index in [-0.39, 0.29) is 22.1 Å². The fourth-order valence-electron chi connectivity index (χ4n) is 4.50. The van der Waals surface area contributed by atoms with Crippen LogP contribution in [0.15, 0.2) is 42.6 Å². The molecule has 4 nitrogen and oxygen atoms in total. The van der Waals surface area contributed by atoms with Crippen LogP contribution in [0.25, 0.3) is 0 Å². The topological polar surface area (TPSA) is 40.2 Å². The number of hydrogen-bond acceptors (Lipinski definition) is 3. The van der Waals surface area contributed by atoms with E-state index in [4.69, 9.17) is 23.8 Å². The molecule has 0 aliphatic carbocycles. The third-order valence-corrected chi connectivity index (χ3v) is 6.12. The number of thiocarbonyl (C=S) groups is 1. The second-order valence-electron chi connectivity index (χ2n) is 9.53. The average Bonchev–Trinajstić information content (AvgIpc) is 2.65. The first-order chi connectivity index (χ1) is 14.8. The van der Waals surface area contributed by atoms with Gasteiger partial charge in [-0.25, -0.2) is 0 Å². The summed E-state index contributed by atoms with van der Waals surface area (Å²) in [6.45, 7) is 9.10. The molecule has 2 N–H and O–H groups in total. The number of rotatable bonds is 4. The molecule has 9 heteroatoms. The van der Waals surface area contributed by atoms with Gasteiger partial charge in [0.25, 0.3) is 0 Å². The van der Waals surface area contributed by atoms with Gasteiger partial charge in [-0.1, -0.05) is 17.7 Å². The maximum absolute atomic E-state index is 13.0. The molecule has 3 rings (SSSR count). The number of nitrogens with zero attached hydrogens (tertiary/aromatic N) is 2. The molecule has 1 aliphatic rings. The summed E-state index contributed by atoms with van der Waals surface area (Å²) in [6.07, 6.45) is -1.05. The Morgan fingerprint density at radius 1 is 1.19 bits per heavy atom. The van der Waals surface area contributed by atoms with E-state index in [0.717, 1.165) is 30.7 Å². The second-order valence-corrected chi connectivity index (χ2v) is 10.3. The third kappa shape index (κ3) is 6.33. The van der Waals surface area contributed by atoms with Crippen LogP contribution in [0.3, 0.4) is 0 Å². The number of pyridine rings is 1. The van der Waals surface area contributed by atoms with E-state index in [1.54, 1.807) is 6.20 Å². The van der Waals surface area contributed by atoms with Crippen LogP contribution >= 0.6 is 23.8 Å². The van der Waals surface area contributed by atoms with Gasteiger partial charge in [0.15, 0.2) is 5.11 Å². The molecular weight excluding hydrogens is 457 g/mol. The molecule has 0 bridgehead atoms. The Hall–Kier alpha value is -1.90. The highest BCUT2D eigenvalue weighted by molar-refractivity contribution is 7.80. The molecule has 0 spiro atoms. The fourth-order valence-corrected chi connectivity index (χ4v) is 5.05. The molecule has 1 saturated heterocycles. The zero-order valence-corrected chi connectivity index (χ0v) is 20.1. The Morgan fingerprint density at radius 3 is 2.38 bits per heavy atom. The van der Waals surface area contributed by atoms with Crippen molar-refractivity contribution >= 4 is 34.6 Å². The number of nitrogens with one attached hydrogen (secondary N) is 2. The van der Waals surface area contributed by atoms with E-state index in [2.05, 4.69) is 48.2 Å². The smallest absolute Gasteiger partial charge is 0.340 e. The van der Waals surface area contributed by atoms with Gasteiger partial charge in [-0.2, -0.15) is 13.2 Å². The van der Waals surface area contributed by atoms with Gasteiger partial charge in [-0.3, -0.25) is 4.98 Å². The normalized spacial score (nSPS) is 18.2. The number of hydrogen-bond donors (Lipinski definition) is 2. The van der Waals surface area contributed by atoms with Crippen molar-refractivity contribution < 1.29 is 13.2 Å². The summed E-state index contributed by atoms with van der Waals surface area (Å²) in [4.78, 5) is 6.50. The molecule has 0 unspecified atom stereocenters. The van der Waals surface area contributed by atoms with E-state index < -0.39 is 11.7 Å². The third-order valence-electron chi connectivity index (χ3n) is 5.47. The average molecular weight is 485 g/mol. The SMILES string of the molecule is CC1(C)CC(N(Cc2ccccn2)C(=S)Nc2ccc(C(F)(F)F)cc2Cl)CC(C)(C)N1. The maximum Gasteiger partial charge on any atom is 0.416 e. The van der Waals surface area contributed by atoms with Crippen molar-refractivity contribution in [2.75, 3.05) is 5.32 Å². The molecule has 174 valence electrons. The number of aromatic nitrogens is 1. The maximum atomic E-state index is 13.0. The van der Waals surface area contributed by atoms with Crippen LogP contribution in [-0.2, 0) is 12.7 Å². The molecule has 2 heterocycles. The summed E-state index contributed by atoms with van der Waals surface area (Å²) in [5.41, 5.74) is 0.158. The van der Waals surface area contributed by atoms with Gasteiger partial charge in [-0.15, -0.1) is 0 Å². The van der Waals surface area contributed by atoms with Crippen molar-refractivity contribution in [2.24, 2.45) is 0 Å². The zero-order valence-electron chi connectivity index (χ0n) is 18.6. The number of piperidine rings is 1.